The van der Waals surface area contributed by atoms with E-state index in [0.717, 1.165) is 9.87 Å². The first kappa shape index (κ1) is 17.5. The Morgan fingerprint density at radius 1 is 1.33 bits per heavy atom. The van der Waals surface area contributed by atoms with Crippen LogP contribution in [-0.4, -0.2) is 43.0 Å². The summed E-state index contributed by atoms with van der Waals surface area (Å²) in [6.07, 6.45) is 0. The summed E-state index contributed by atoms with van der Waals surface area (Å²) in [6, 6.07) is 4.77. The molecule has 1 aromatic rings. The number of carbonyl (C=O) groups is 1. The van der Waals surface area contributed by atoms with E-state index in [-0.39, 0.29) is 10.6 Å². The third-order valence-electron chi connectivity index (χ3n) is 2.91. The van der Waals surface area contributed by atoms with Crippen molar-refractivity contribution in [1.82, 2.24) is 4.31 Å². The number of rotatable bonds is 5. The first-order valence-electron chi connectivity index (χ1n) is 6.39. The predicted molar refractivity (Wildman–Crippen MR) is 79.0 cm³/mol. The van der Waals surface area contributed by atoms with E-state index in [1.807, 2.05) is 0 Å². The Kier molecular flexibility index (Phi) is 5.01. The average Bonchev–Trinajstić information content (AvgIpc) is 2.34. The summed E-state index contributed by atoms with van der Waals surface area (Å²) in [5.41, 5.74) is -0.120. The van der Waals surface area contributed by atoms with Crippen molar-refractivity contribution in [3.8, 4) is 5.75 Å². The number of carboxylic acids is 1. The summed E-state index contributed by atoms with van der Waals surface area (Å²) in [7, 11) is -2.61. The fraction of sp³-hybridized carbons (Fsp3) is 0.500. The SMILES string of the molecule is COc1ccc(C)cc1S(=O)(=O)N(CC(=O)O)C(C)(C)C. The van der Waals surface area contributed by atoms with Gasteiger partial charge in [-0.1, -0.05) is 6.07 Å². The number of sulfonamides is 1. The van der Waals surface area contributed by atoms with E-state index in [4.69, 9.17) is 9.84 Å². The van der Waals surface area contributed by atoms with Gasteiger partial charge in [-0.25, -0.2) is 8.42 Å². The molecule has 0 atom stereocenters. The molecule has 21 heavy (non-hydrogen) atoms. The number of benzene rings is 1. The summed E-state index contributed by atoms with van der Waals surface area (Å²) >= 11 is 0. The Labute approximate surface area is 125 Å². The minimum atomic E-state index is -3.99. The lowest BCUT2D eigenvalue weighted by atomic mass is 10.1. The maximum atomic E-state index is 12.8. The number of aryl methyl sites for hydroxylation is 1. The number of nitrogens with zero attached hydrogens (tertiary/aromatic N) is 1. The van der Waals surface area contributed by atoms with Crippen LogP contribution in [0.15, 0.2) is 23.1 Å². The van der Waals surface area contributed by atoms with Gasteiger partial charge < -0.3 is 9.84 Å². The van der Waals surface area contributed by atoms with Crippen molar-refractivity contribution >= 4 is 16.0 Å². The summed E-state index contributed by atoms with van der Waals surface area (Å²) in [6.45, 7) is 6.10. The molecule has 7 heteroatoms. The van der Waals surface area contributed by atoms with Crippen molar-refractivity contribution in [2.75, 3.05) is 13.7 Å². The van der Waals surface area contributed by atoms with Gasteiger partial charge in [0.25, 0.3) is 0 Å². The molecule has 1 rings (SSSR count). The Balaban J connectivity index is 3.49. The van der Waals surface area contributed by atoms with Crippen LogP contribution in [0.25, 0.3) is 0 Å². The topological polar surface area (TPSA) is 83.9 Å². The Morgan fingerprint density at radius 2 is 1.90 bits per heavy atom. The zero-order valence-corrected chi connectivity index (χ0v) is 13.7. The Hall–Kier alpha value is -1.60. The number of ether oxygens (including phenoxy) is 1. The van der Waals surface area contributed by atoms with Crippen LogP contribution < -0.4 is 4.74 Å². The van der Waals surface area contributed by atoms with Gasteiger partial charge in [0.2, 0.25) is 10.0 Å². The quantitative estimate of drug-likeness (QED) is 0.897. The molecule has 0 aliphatic heterocycles. The molecule has 6 nitrogen and oxygen atoms in total. The molecule has 1 N–H and O–H groups in total. The van der Waals surface area contributed by atoms with E-state index in [1.165, 1.54) is 13.2 Å². The van der Waals surface area contributed by atoms with E-state index < -0.39 is 28.1 Å². The molecule has 0 radical (unpaired) electrons. The molecule has 0 fully saturated rings. The minimum absolute atomic E-state index is 0.0267. The van der Waals surface area contributed by atoms with Crippen LogP contribution in [0.3, 0.4) is 0 Å². The van der Waals surface area contributed by atoms with Crippen molar-refractivity contribution in [2.45, 2.75) is 38.1 Å². The molecule has 0 saturated heterocycles. The van der Waals surface area contributed by atoms with Crippen molar-refractivity contribution in [3.05, 3.63) is 23.8 Å². The van der Waals surface area contributed by atoms with E-state index in [0.29, 0.717) is 0 Å². The summed E-state index contributed by atoms with van der Waals surface area (Å²) < 4.78 is 31.7. The van der Waals surface area contributed by atoms with E-state index in [2.05, 4.69) is 0 Å². The van der Waals surface area contributed by atoms with Gasteiger partial charge in [-0.3, -0.25) is 4.79 Å². The van der Waals surface area contributed by atoms with Crippen LogP contribution in [0, 0.1) is 6.92 Å². The number of aliphatic carboxylic acids is 1. The predicted octanol–water partition coefficient (Wildman–Crippen LogP) is 1.88. The fourth-order valence-electron chi connectivity index (χ4n) is 1.91. The molecule has 0 aliphatic rings. The van der Waals surface area contributed by atoms with Crippen LogP contribution in [0.2, 0.25) is 0 Å². The highest BCUT2D eigenvalue weighted by atomic mass is 32.2. The lowest BCUT2D eigenvalue weighted by Crippen LogP contribution is -2.48. The van der Waals surface area contributed by atoms with Crippen LogP contribution >= 0.6 is 0 Å². The molecule has 0 unspecified atom stereocenters. The van der Waals surface area contributed by atoms with Crippen molar-refractivity contribution < 1.29 is 23.1 Å². The van der Waals surface area contributed by atoms with Gasteiger partial charge >= 0.3 is 5.97 Å². The van der Waals surface area contributed by atoms with Gasteiger partial charge in [0, 0.05) is 5.54 Å². The Bertz CT molecular complexity index is 631. The summed E-state index contributed by atoms with van der Waals surface area (Å²) in [4.78, 5) is 11.0. The van der Waals surface area contributed by atoms with Crippen LogP contribution in [0.5, 0.6) is 5.75 Å². The standard InChI is InChI=1S/C14H21NO5S/c1-10-6-7-11(20-5)12(8-10)21(18,19)15(9-13(16)17)14(2,3)4/h6-8H,9H2,1-5H3,(H,16,17). The highest BCUT2D eigenvalue weighted by Crippen LogP contribution is 2.31. The third kappa shape index (κ3) is 3.95. The number of hydrogen-bond donors (Lipinski definition) is 1. The molecule has 0 bridgehead atoms. The second kappa shape index (κ2) is 6.03. The van der Waals surface area contributed by atoms with Crippen LogP contribution in [-0.2, 0) is 14.8 Å². The average molecular weight is 315 g/mol. The smallest absolute Gasteiger partial charge is 0.318 e. The first-order valence-corrected chi connectivity index (χ1v) is 7.83. The third-order valence-corrected chi connectivity index (χ3v) is 5.05. The van der Waals surface area contributed by atoms with E-state index in [1.54, 1.807) is 39.8 Å². The van der Waals surface area contributed by atoms with Crippen molar-refractivity contribution in [3.63, 3.8) is 0 Å². The normalized spacial score (nSPS) is 12.5. The zero-order chi connectivity index (χ0) is 16.4. The van der Waals surface area contributed by atoms with Gasteiger partial charge in [-0.2, -0.15) is 4.31 Å². The molecule has 0 amide bonds. The first-order chi connectivity index (χ1) is 9.50. The molecular formula is C14H21NO5S. The highest BCUT2D eigenvalue weighted by Gasteiger charge is 2.37. The van der Waals surface area contributed by atoms with E-state index >= 15 is 0 Å². The second-order valence-electron chi connectivity index (χ2n) is 5.73. The molecule has 0 aromatic heterocycles. The lowest BCUT2D eigenvalue weighted by molar-refractivity contribution is -0.138. The zero-order valence-electron chi connectivity index (χ0n) is 12.9. The van der Waals surface area contributed by atoms with Crippen LogP contribution in [0.1, 0.15) is 26.3 Å². The van der Waals surface area contributed by atoms with Crippen molar-refractivity contribution in [2.24, 2.45) is 0 Å². The van der Waals surface area contributed by atoms with Crippen molar-refractivity contribution in [1.29, 1.82) is 0 Å². The van der Waals surface area contributed by atoms with Gasteiger partial charge in [0.1, 0.15) is 17.2 Å². The van der Waals surface area contributed by atoms with Gasteiger partial charge in [0.15, 0.2) is 0 Å². The minimum Gasteiger partial charge on any atom is -0.495 e. The van der Waals surface area contributed by atoms with Crippen LogP contribution in [0.4, 0.5) is 0 Å². The maximum Gasteiger partial charge on any atom is 0.318 e. The fourth-order valence-corrected chi connectivity index (χ4v) is 3.89. The molecule has 118 valence electrons. The Morgan fingerprint density at radius 3 is 2.33 bits per heavy atom. The molecule has 1 aromatic carbocycles. The van der Waals surface area contributed by atoms with Gasteiger partial charge in [-0.15, -0.1) is 0 Å². The largest absolute Gasteiger partial charge is 0.495 e. The summed E-state index contributed by atoms with van der Waals surface area (Å²) in [5, 5.41) is 9.00. The van der Waals surface area contributed by atoms with Gasteiger partial charge in [0.05, 0.1) is 7.11 Å². The number of methoxy groups -OCH3 is 1. The molecule has 0 heterocycles. The number of carboxylic acid groups (broad SMARTS) is 1. The molecule has 0 aliphatic carbocycles. The number of hydrogen-bond acceptors (Lipinski definition) is 4. The molecule has 0 saturated carbocycles. The highest BCUT2D eigenvalue weighted by molar-refractivity contribution is 7.89. The maximum absolute atomic E-state index is 12.8. The second-order valence-corrected chi connectivity index (χ2v) is 7.56. The lowest BCUT2D eigenvalue weighted by Gasteiger charge is -2.33. The molecular weight excluding hydrogens is 294 g/mol. The monoisotopic (exact) mass is 315 g/mol. The van der Waals surface area contributed by atoms with E-state index in [9.17, 15) is 13.2 Å². The van der Waals surface area contributed by atoms with Gasteiger partial charge in [-0.05, 0) is 45.4 Å². The summed E-state index contributed by atoms with van der Waals surface area (Å²) in [5.74, 6) is -1.01. The molecule has 0 spiro atoms.